The van der Waals surface area contributed by atoms with Crippen LogP contribution in [0.4, 0.5) is 0 Å². The Bertz CT molecular complexity index is 385. The number of esters is 2. The van der Waals surface area contributed by atoms with E-state index >= 15 is 0 Å². The summed E-state index contributed by atoms with van der Waals surface area (Å²) in [6, 6.07) is -0.683. The Labute approximate surface area is 120 Å². The molecule has 6 heteroatoms. The molecule has 0 spiro atoms. The van der Waals surface area contributed by atoms with E-state index < -0.39 is 18.0 Å². The minimum atomic E-state index is -0.683. The van der Waals surface area contributed by atoms with Crippen LogP contribution >= 0.6 is 0 Å². The number of nitrogens with zero attached hydrogens (tertiary/aromatic N) is 2. The molecule has 0 saturated carbocycles. The van der Waals surface area contributed by atoms with E-state index in [0.29, 0.717) is 13.2 Å². The van der Waals surface area contributed by atoms with Crippen LogP contribution in [0.5, 0.6) is 0 Å². The zero-order chi connectivity index (χ0) is 16.2. The Kier molecular flexibility index (Phi) is 10.9. The van der Waals surface area contributed by atoms with Crippen molar-refractivity contribution in [3.8, 4) is 0 Å². The van der Waals surface area contributed by atoms with Gasteiger partial charge in [0.2, 0.25) is 0 Å². The summed E-state index contributed by atoms with van der Waals surface area (Å²) in [6.07, 6.45) is 0. The normalized spacial score (nSPS) is 10.9. The van der Waals surface area contributed by atoms with Gasteiger partial charge in [-0.1, -0.05) is 20.8 Å². The fraction of sp³-hybridized carbons (Fsp3) is 0.714. The maximum Gasteiger partial charge on any atom is 0.390 e. The number of ether oxygens (including phenoxy) is 2. The average molecular weight is 282 g/mol. The molecule has 0 aromatic rings. The predicted octanol–water partition coefficient (Wildman–Crippen LogP) is 2.35. The topological polar surface area (TPSA) is 61.3 Å². The lowest BCUT2D eigenvalue weighted by Crippen LogP contribution is -2.33. The molecule has 0 amide bonds. The van der Waals surface area contributed by atoms with Crippen LogP contribution < -0.4 is 0 Å². The van der Waals surface area contributed by atoms with Crippen molar-refractivity contribution in [3.63, 3.8) is 0 Å². The zero-order valence-electron chi connectivity index (χ0n) is 12.7. The summed E-state index contributed by atoms with van der Waals surface area (Å²) in [7, 11) is 0. The molecule has 0 N–H and O–H groups in total. The third kappa shape index (κ3) is 9.90. The highest BCUT2D eigenvalue weighted by Crippen LogP contribution is 2.23. The van der Waals surface area contributed by atoms with Crippen molar-refractivity contribution in [1.29, 1.82) is 0 Å². The Morgan fingerprint density at radius 3 is 1.90 bits per heavy atom. The van der Waals surface area contributed by atoms with Crippen molar-refractivity contribution in [2.75, 3.05) is 19.8 Å². The summed E-state index contributed by atoms with van der Waals surface area (Å²) < 4.78 is 9.20. The van der Waals surface area contributed by atoms with Gasteiger partial charge in [-0.25, -0.2) is 22.7 Å². The van der Waals surface area contributed by atoms with Crippen LogP contribution in [-0.4, -0.2) is 37.7 Å². The quantitative estimate of drug-likeness (QED) is 0.586. The van der Waals surface area contributed by atoms with Gasteiger partial charge in [-0.05, 0) is 13.8 Å². The van der Waals surface area contributed by atoms with E-state index in [2.05, 4.69) is 14.4 Å². The van der Waals surface area contributed by atoms with Crippen molar-refractivity contribution >= 4 is 11.9 Å². The van der Waals surface area contributed by atoms with E-state index in [1.807, 2.05) is 20.8 Å². The molecular weight excluding hydrogens is 260 g/mol. The average Bonchev–Trinajstić information content (AvgIpc) is 2.29. The molecule has 1 unspecified atom stereocenters. The van der Waals surface area contributed by atoms with E-state index in [-0.39, 0.29) is 12.0 Å². The molecule has 112 valence electrons. The molecule has 0 aliphatic carbocycles. The molecule has 1 atom stereocenters. The maximum atomic E-state index is 11.2. The van der Waals surface area contributed by atoms with Crippen molar-refractivity contribution < 1.29 is 19.1 Å². The molecule has 0 radical (unpaired) electrons. The number of rotatable bonds is 4. The van der Waals surface area contributed by atoms with Gasteiger partial charge in [-0.15, -0.1) is 0 Å². The monoisotopic (exact) mass is 282 g/mol. The number of hydrogen-bond acceptors (Lipinski definition) is 4. The van der Waals surface area contributed by atoms with E-state index in [4.69, 9.17) is 17.9 Å². The highest BCUT2D eigenvalue weighted by Gasteiger charge is 2.38. The first-order chi connectivity index (χ1) is 9.24. The molecule has 0 aliphatic heterocycles. The van der Waals surface area contributed by atoms with Crippen LogP contribution in [0.15, 0.2) is 0 Å². The first kappa shape index (κ1) is 20.2. The second-order valence-electron chi connectivity index (χ2n) is 4.77. The smallest absolute Gasteiger partial charge is 0.390 e. The highest BCUT2D eigenvalue weighted by atomic mass is 16.5. The standard InChI is InChI=1S/C9H15NO2.C5H7NO2/c1-6-12-8(11)7(10-5)9(2,3)4;1-3-8-5(7)4-6-2/h7H,6H2,1-4H3;3-4H2,1H3. The minimum Gasteiger partial charge on any atom is -0.460 e. The molecule has 0 rings (SSSR count). The molecule has 0 heterocycles. The third-order valence-electron chi connectivity index (χ3n) is 1.97. The maximum absolute atomic E-state index is 11.2. The molecular formula is C14H22N2O4. The van der Waals surface area contributed by atoms with Crippen LogP contribution in [0.1, 0.15) is 34.6 Å². The SMILES string of the molecule is [C-]#[N+]C(C(=O)OCC)C(C)(C)C.[C-]#[N+]CC(=O)OCC. The van der Waals surface area contributed by atoms with Crippen molar-refractivity contribution in [2.24, 2.45) is 5.41 Å². The first-order valence-electron chi connectivity index (χ1n) is 6.26. The molecule has 0 aliphatic rings. The van der Waals surface area contributed by atoms with Gasteiger partial charge in [0.1, 0.15) is 0 Å². The third-order valence-corrected chi connectivity index (χ3v) is 1.97. The summed E-state index contributed by atoms with van der Waals surface area (Å²) in [6.45, 7) is 22.6. The number of carbonyl (C=O) groups excluding carboxylic acids is 2. The van der Waals surface area contributed by atoms with Gasteiger partial charge < -0.3 is 19.2 Å². The molecule has 0 bridgehead atoms. The van der Waals surface area contributed by atoms with Crippen LogP contribution in [0.3, 0.4) is 0 Å². The van der Waals surface area contributed by atoms with Gasteiger partial charge in [-0.2, -0.15) is 0 Å². The van der Waals surface area contributed by atoms with E-state index in [0.717, 1.165) is 0 Å². The van der Waals surface area contributed by atoms with Gasteiger partial charge in [-0.3, -0.25) is 0 Å². The van der Waals surface area contributed by atoms with Gasteiger partial charge in [0, 0.05) is 5.41 Å². The fourth-order valence-electron chi connectivity index (χ4n) is 1.09. The van der Waals surface area contributed by atoms with Gasteiger partial charge >= 0.3 is 24.5 Å². The molecule has 0 saturated heterocycles. The Balaban J connectivity index is 0. The van der Waals surface area contributed by atoms with Crippen LogP contribution in [0.2, 0.25) is 0 Å². The minimum absolute atomic E-state index is 0.159. The second-order valence-corrected chi connectivity index (χ2v) is 4.77. The van der Waals surface area contributed by atoms with Crippen molar-refractivity contribution in [1.82, 2.24) is 0 Å². The Morgan fingerprint density at radius 2 is 1.60 bits per heavy atom. The predicted molar refractivity (Wildman–Crippen MR) is 74.6 cm³/mol. The number of carbonyl (C=O) groups is 2. The second kappa shape index (κ2) is 10.8. The van der Waals surface area contributed by atoms with Gasteiger partial charge in [0.15, 0.2) is 0 Å². The summed E-state index contributed by atoms with van der Waals surface area (Å²) in [5, 5.41) is 0. The summed E-state index contributed by atoms with van der Waals surface area (Å²) >= 11 is 0. The molecule has 0 fully saturated rings. The van der Waals surface area contributed by atoms with E-state index in [9.17, 15) is 9.59 Å². The largest absolute Gasteiger partial charge is 0.460 e. The van der Waals surface area contributed by atoms with Gasteiger partial charge in [0.05, 0.1) is 13.2 Å². The van der Waals surface area contributed by atoms with E-state index in [1.54, 1.807) is 13.8 Å². The fourth-order valence-corrected chi connectivity index (χ4v) is 1.09. The molecule has 0 aromatic carbocycles. The lowest BCUT2D eigenvalue weighted by molar-refractivity contribution is -0.146. The lowest BCUT2D eigenvalue weighted by atomic mass is 9.87. The van der Waals surface area contributed by atoms with Crippen LogP contribution in [0.25, 0.3) is 9.69 Å². The van der Waals surface area contributed by atoms with Crippen molar-refractivity contribution in [2.45, 2.75) is 40.7 Å². The number of hydrogen-bond donors (Lipinski definition) is 0. The summed E-state index contributed by atoms with van der Waals surface area (Å²) in [4.78, 5) is 27.5. The van der Waals surface area contributed by atoms with Crippen LogP contribution in [-0.2, 0) is 19.1 Å². The molecule has 6 nitrogen and oxygen atoms in total. The van der Waals surface area contributed by atoms with Gasteiger partial charge in [0.25, 0.3) is 0 Å². The zero-order valence-corrected chi connectivity index (χ0v) is 12.7. The Morgan fingerprint density at radius 1 is 1.10 bits per heavy atom. The van der Waals surface area contributed by atoms with E-state index in [1.165, 1.54) is 0 Å². The Hall–Kier alpha value is -2.08. The summed E-state index contributed by atoms with van der Waals surface area (Å²) in [5.41, 5.74) is -0.339. The first-order valence-corrected chi connectivity index (χ1v) is 6.26. The molecule has 0 aromatic heterocycles. The highest BCUT2D eigenvalue weighted by molar-refractivity contribution is 5.78. The van der Waals surface area contributed by atoms with Crippen LogP contribution in [0, 0.1) is 18.6 Å². The summed E-state index contributed by atoms with van der Waals surface area (Å²) in [5.74, 6) is -0.859. The van der Waals surface area contributed by atoms with Crippen molar-refractivity contribution in [3.05, 3.63) is 22.8 Å². The lowest BCUT2D eigenvalue weighted by Gasteiger charge is -2.18. The molecule has 20 heavy (non-hydrogen) atoms.